The van der Waals surface area contributed by atoms with E-state index in [9.17, 15) is 18.0 Å². The summed E-state index contributed by atoms with van der Waals surface area (Å²) in [7, 11) is 0. The number of nitrogens with zero attached hydrogens (tertiary/aromatic N) is 1. The molecule has 0 aliphatic carbocycles. The van der Waals surface area contributed by atoms with Crippen LogP contribution in [0.15, 0.2) is 36.7 Å². The summed E-state index contributed by atoms with van der Waals surface area (Å²) in [6.07, 6.45) is -1.43. The van der Waals surface area contributed by atoms with Crippen molar-refractivity contribution >= 4 is 23.3 Å². The van der Waals surface area contributed by atoms with E-state index in [4.69, 9.17) is 17.3 Å². The predicted octanol–water partition coefficient (Wildman–Crippen LogP) is 3.64. The van der Waals surface area contributed by atoms with Gasteiger partial charge in [-0.15, -0.1) is 0 Å². The summed E-state index contributed by atoms with van der Waals surface area (Å²) >= 11 is 5.63. The van der Waals surface area contributed by atoms with Crippen LogP contribution in [-0.2, 0) is 6.18 Å². The summed E-state index contributed by atoms with van der Waals surface area (Å²) < 4.78 is 39.2. The van der Waals surface area contributed by atoms with Gasteiger partial charge in [0, 0.05) is 18.1 Å². The number of urea groups is 1. The molecule has 0 saturated carbocycles. The van der Waals surface area contributed by atoms with Crippen LogP contribution in [0.4, 0.5) is 23.7 Å². The topological polar surface area (TPSA) is 60.1 Å². The summed E-state index contributed by atoms with van der Waals surface area (Å²) in [4.78, 5) is 10.7. The van der Waals surface area contributed by atoms with Gasteiger partial charge in [0.25, 0.3) is 0 Å². The Morgan fingerprint density at radius 1 is 1.30 bits per heavy atom. The van der Waals surface area contributed by atoms with Crippen LogP contribution in [0.1, 0.15) is 5.56 Å². The molecular weight excluding hydrogens is 295 g/mol. The number of halogens is 4. The molecule has 3 N–H and O–H groups in total. The Morgan fingerprint density at radius 2 is 2.00 bits per heavy atom. The Morgan fingerprint density at radius 3 is 2.55 bits per heavy atom. The maximum Gasteiger partial charge on any atom is 0.417 e. The number of hydrogen-bond donors (Lipinski definition) is 2. The van der Waals surface area contributed by atoms with Crippen molar-refractivity contribution in [3.8, 4) is 5.69 Å². The van der Waals surface area contributed by atoms with Gasteiger partial charge in [0.2, 0.25) is 0 Å². The lowest BCUT2D eigenvalue weighted by Crippen LogP contribution is -2.18. The van der Waals surface area contributed by atoms with E-state index in [-0.39, 0.29) is 0 Å². The largest absolute Gasteiger partial charge is 0.417 e. The Hall–Kier alpha value is -2.15. The van der Waals surface area contributed by atoms with Crippen LogP contribution in [0.2, 0.25) is 5.02 Å². The summed E-state index contributed by atoms with van der Waals surface area (Å²) in [5.41, 5.74) is 4.92. The summed E-state index contributed by atoms with van der Waals surface area (Å²) in [6, 6.07) is 4.20. The van der Waals surface area contributed by atoms with Crippen molar-refractivity contribution < 1.29 is 18.0 Å². The number of nitrogens with two attached hydrogens (primary N) is 1. The molecule has 2 amide bonds. The molecule has 1 heterocycles. The lowest BCUT2D eigenvalue weighted by Gasteiger charge is -2.10. The maximum absolute atomic E-state index is 12.6. The molecule has 8 heteroatoms. The average Bonchev–Trinajstić information content (AvgIpc) is 2.74. The van der Waals surface area contributed by atoms with Gasteiger partial charge in [-0.2, -0.15) is 13.2 Å². The van der Waals surface area contributed by atoms with Crippen LogP contribution in [0, 0.1) is 0 Å². The summed E-state index contributed by atoms with van der Waals surface area (Å²) in [5, 5.41) is 1.95. The monoisotopic (exact) mass is 303 g/mol. The molecule has 20 heavy (non-hydrogen) atoms. The second-order valence-corrected chi connectivity index (χ2v) is 4.37. The van der Waals surface area contributed by atoms with E-state index in [0.717, 1.165) is 6.07 Å². The summed E-state index contributed by atoms with van der Waals surface area (Å²) in [6.45, 7) is 0. The number of carbonyl (C=O) groups excluding carboxylic acids is 1. The number of amides is 2. The van der Waals surface area contributed by atoms with Crippen molar-refractivity contribution in [2.45, 2.75) is 6.18 Å². The molecule has 0 bridgehead atoms. The molecule has 0 atom stereocenters. The van der Waals surface area contributed by atoms with Crippen LogP contribution in [0.5, 0.6) is 0 Å². The zero-order valence-corrected chi connectivity index (χ0v) is 10.7. The molecule has 1 aromatic heterocycles. The fourth-order valence-corrected chi connectivity index (χ4v) is 1.95. The first-order valence-electron chi connectivity index (χ1n) is 5.39. The molecule has 0 aliphatic rings. The third kappa shape index (κ3) is 3.05. The SMILES string of the molecule is NC(=O)Nc1ccn(-c2ccc(C(F)(F)F)c(Cl)c2)c1. The fraction of sp³-hybridized carbons (Fsp3) is 0.0833. The number of hydrogen-bond acceptors (Lipinski definition) is 1. The molecule has 0 fully saturated rings. The van der Waals surface area contributed by atoms with Crippen molar-refractivity contribution in [1.29, 1.82) is 0 Å². The van der Waals surface area contributed by atoms with Gasteiger partial charge in [-0.1, -0.05) is 11.6 Å². The molecule has 0 radical (unpaired) electrons. The van der Waals surface area contributed by atoms with Crippen molar-refractivity contribution in [3.63, 3.8) is 0 Å². The quantitative estimate of drug-likeness (QED) is 0.874. The molecule has 2 rings (SSSR count). The van der Waals surface area contributed by atoms with Crippen LogP contribution >= 0.6 is 11.6 Å². The van der Waals surface area contributed by atoms with Gasteiger partial charge >= 0.3 is 12.2 Å². The number of nitrogens with one attached hydrogen (secondary N) is 1. The van der Waals surface area contributed by atoms with E-state index in [2.05, 4.69) is 5.32 Å². The highest BCUT2D eigenvalue weighted by Gasteiger charge is 2.33. The van der Waals surface area contributed by atoms with Crippen molar-refractivity contribution in [2.24, 2.45) is 5.73 Å². The minimum absolute atomic E-state index is 0.395. The van der Waals surface area contributed by atoms with Gasteiger partial charge in [-0.3, -0.25) is 0 Å². The minimum atomic E-state index is -4.50. The summed E-state index contributed by atoms with van der Waals surface area (Å²) in [5.74, 6) is 0. The number of rotatable bonds is 2. The van der Waals surface area contributed by atoms with Gasteiger partial charge in [0.1, 0.15) is 0 Å². The van der Waals surface area contributed by atoms with E-state index in [1.54, 1.807) is 12.3 Å². The molecular formula is C12H9ClF3N3O. The van der Waals surface area contributed by atoms with Gasteiger partial charge in [-0.25, -0.2) is 4.79 Å². The molecule has 2 aromatic rings. The Kier molecular flexibility index (Phi) is 3.63. The van der Waals surface area contributed by atoms with Gasteiger partial charge < -0.3 is 15.6 Å². The Labute approximate surface area is 116 Å². The highest BCUT2D eigenvalue weighted by atomic mass is 35.5. The third-order valence-corrected chi connectivity index (χ3v) is 2.83. The van der Waals surface area contributed by atoms with Crippen LogP contribution in [-0.4, -0.2) is 10.6 Å². The van der Waals surface area contributed by atoms with Crippen LogP contribution in [0.3, 0.4) is 0 Å². The highest BCUT2D eigenvalue weighted by molar-refractivity contribution is 6.31. The first-order chi connectivity index (χ1) is 9.27. The molecule has 4 nitrogen and oxygen atoms in total. The fourth-order valence-electron chi connectivity index (χ4n) is 1.67. The third-order valence-electron chi connectivity index (χ3n) is 2.52. The van der Waals surface area contributed by atoms with E-state index < -0.39 is 22.8 Å². The molecule has 0 spiro atoms. The highest BCUT2D eigenvalue weighted by Crippen LogP contribution is 2.35. The lowest BCUT2D eigenvalue weighted by molar-refractivity contribution is -0.137. The van der Waals surface area contributed by atoms with E-state index in [1.165, 1.54) is 22.9 Å². The Bertz CT molecular complexity index is 652. The van der Waals surface area contributed by atoms with Gasteiger partial charge in [0.15, 0.2) is 0 Å². The van der Waals surface area contributed by atoms with Crippen molar-refractivity contribution in [3.05, 3.63) is 47.2 Å². The maximum atomic E-state index is 12.6. The number of primary amides is 1. The molecule has 0 unspecified atom stereocenters. The van der Waals surface area contributed by atoms with E-state index in [0.29, 0.717) is 11.4 Å². The van der Waals surface area contributed by atoms with Crippen LogP contribution in [0.25, 0.3) is 5.69 Å². The van der Waals surface area contributed by atoms with Crippen LogP contribution < -0.4 is 11.1 Å². The van der Waals surface area contributed by atoms with Crippen molar-refractivity contribution in [2.75, 3.05) is 5.32 Å². The zero-order chi connectivity index (χ0) is 14.9. The van der Waals surface area contributed by atoms with E-state index >= 15 is 0 Å². The standard InChI is InChI=1S/C12H9ClF3N3O/c13-10-5-8(1-2-9(10)12(14,15)16)19-4-3-7(6-19)18-11(17)20/h1-6H,(H3,17,18,20). The Balaban J connectivity index is 2.32. The normalized spacial score (nSPS) is 11.4. The van der Waals surface area contributed by atoms with E-state index in [1.807, 2.05) is 0 Å². The number of anilines is 1. The smallest absolute Gasteiger partial charge is 0.351 e. The molecule has 0 saturated heterocycles. The number of alkyl halides is 3. The number of benzene rings is 1. The first kappa shape index (κ1) is 14.3. The second-order valence-electron chi connectivity index (χ2n) is 3.96. The van der Waals surface area contributed by atoms with Gasteiger partial charge in [0.05, 0.1) is 16.3 Å². The number of aromatic nitrogens is 1. The number of carbonyl (C=O) groups is 1. The molecule has 1 aromatic carbocycles. The van der Waals surface area contributed by atoms with Crippen molar-refractivity contribution in [1.82, 2.24) is 4.57 Å². The first-order valence-corrected chi connectivity index (χ1v) is 5.77. The molecule has 106 valence electrons. The second kappa shape index (κ2) is 5.09. The average molecular weight is 304 g/mol. The predicted molar refractivity (Wildman–Crippen MR) is 69.0 cm³/mol. The van der Waals surface area contributed by atoms with Gasteiger partial charge in [-0.05, 0) is 24.3 Å². The molecule has 0 aliphatic heterocycles. The zero-order valence-electron chi connectivity index (χ0n) is 9.91. The lowest BCUT2D eigenvalue weighted by atomic mass is 10.2. The minimum Gasteiger partial charge on any atom is -0.351 e.